The molecule has 0 fully saturated rings. The number of hydrazine groups is 1. The minimum Gasteiger partial charge on any atom is -0.308 e. The van der Waals surface area contributed by atoms with Crippen LogP contribution in [-0.4, -0.2) is 4.98 Å². The van der Waals surface area contributed by atoms with Gasteiger partial charge in [-0.25, -0.2) is 10.8 Å². The monoisotopic (exact) mass is 219 g/mol. The number of benzene rings is 1. The molecule has 78 valence electrons. The van der Waals surface area contributed by atoms with Gasteiger partial charge in [-0.15, -0.1) is 11.3 Å². The van der Waals surface area contributed by atoms with Crippen molar-refractivity contribution in [2.45, 2.75) is 13.8 Å². The van der Waals surface area contributed by atoms with Gasteiger partial charge in [-0.2, -0.15) is 0 Å². The van der Waals surface area contributed by atoms with Crippen LogP contribution in [0.2, 0.25) is 0 Å². The van der Waals surface area contributed by atoms with Gasteiger partial charge in [0.2, 0.25) is 0 Å². The van der Waals surface area contributed by atoms with Crippen LogP contribution >= 0.6 is 11.3 Å². The number of aromatic nitrogens is 1. The molecule has 1 aromatic heterocycles. The summed E-state index contributed by atoms with van der Waals surface area (Å²) < 4.78 is 0. The quantitative estimate of drug-likeness (QED) is 0.603. The lowest BCUT2D eigenvalue weighted by molar-refractivity contribution is 1.26. The topological polar surface area (TPSA) is 50.9 Å². The van der Waals surface area contributed by atoms with Gasteiger partial charge in [0, 0.05) is 10.9 Å². The Balaban J connectivity index is 2.44. The number of nitrogens with two attached hydrogens (primary N) is 1. The maximum absolute atomic E-state index is 5.30. The number of hydrogen-bond acceptors (Lipinski definition) is 4. The Morgan fingerprint density at radius 2 is 2.13 bits per heavy atom. The van der Waals surface area contributed by atoms with E-state index in [9.17, 15) is 0 Å². The van der Waals surface area contributed by atoms with Gasteiger partial charge in [-0.3, -0.25) is 0 Å². The molecule has 0 bridgehead atoms. The van der Waals surface area contributed by atoms with Gasteiger partial charge in [0.1, 0.15) is 5.01 Å². The average molecular weight is 219 g/mol. The third-order valence-electron chi connectivity index (χ3n) is 2.26. The molecular weight excluding hydrogens is 206 g/mol. The number of anilines is 1. The van der Waals surface area contributed by atoms with E-state index in [4.69, 9.17) is 5.84 Å². The molecule has 15 heavy (non-hydrogen) atoms. The molecule has 0 saturated heterocycles. The third-order valence-corrected chi connectivity index (χ3v) is 3.14. The Hall–Kier alpha value is -1.39. The number of nitrogens with one attached hydrogen (secondary N) is 1. The first-order valence-electron chi connectivity index (χ1n) is 4.70. The molecule has 1 heterocycles. The van der Waals surface area contributed by atoms with Gasteiger partial charge in [-0.05, 0) is 19.4 Å². The predicted molar refractivity (Wildman–Crippen MR) is 64.8 cm³/mol. The lowest BCUT2D eigenvalue weighted by Gasteiger charge is -2.02. The van der Waals surface area contributed by atoms with E-state index in [0.29, 0.717) is 0 Å². The van der Waals surface area contributed by atoms with Crippen LogP contribution in [0, 0.1) is 13.8 Å². The zero-order valence-electron chi connectivity index (χ0n) is 8.74. The molecule has 3 N–H and O–H groups in total. The summed E-state index contributed by atoms with van der Waals surface area (Å²) in [6, 6.07) is 6.36. The Bertz CT molecular complexity index is 476. The van der Waals surface area contributed by atoms with Crippen molar-refractivity contribution in [3.05, 3.63) is 34.7 Å². The molecule has 0 spiro atoms. The zero-order chi connectivity index (χ0) is 10.8. The largest absolute Gasteiger partial charge is 0.308 e. The van der Waals surface area contributed by atoms with E-state index in [-0.39, 0.29) is 0 Å². The Morgan fingerprint density at radius 1 is 1.33 bits per heavy atom. The average Bonchev–Trinajstić information content (AvgIpc) is 2.66. The number of rotatable bonds is 2. The molecule has 0 aliphatic rings. The standard InChI is InChI=1S/C11H13N3S/c1-7-3-4-9(8(2)5-7)11-13-10(14-12)6-15-11/h3-6,14H,12H2,1-2H3. The van der Waals surface area contributed by atoms with Gasteiger partial charge in [0.05, 0.1) is 0 Å². The van der Waals surface area contributed by atoms with E-state index < -0.39 is 0 Å². The third kappa shape index (κ3) is 2.00. The SMILES string of the molecule is Cc1ccc(-c2nc(NN)cs2)c(C)c1. The van der Waals surface area contributed by atoms with Crippen molar-refractivity contribution in [1.29, 1.82) is 0 Å². The van der Waals surface area contributed by atoms with Crippen LogP contribution in [0.15, 0.2) is 23.6 Å². The molecule has 3 nitrogen and oxygen atoms in total. The maximum atomic E-state index is 5.30. The molecule has 2 rings (SSSR count). The lowest BCUT2D eigenvalue weighted by Crippen LogP contribution is -2.06. The van der Waals surface area contributed by atoms with Crippen molar-refractivity contribution in [2.24, 2.45) is 5.84 Å². The fourth-order valence-electron chi connectivity index (χ4n) is 1.52. The van der Waals surface area contributed by atoms with E-state index in [1.165, 1.54) is 16.7 Å². The molecule has 0 atom stereocenters. The van der Waals surface area contributed by atoms with Crippen LogP contribution in [0.4, 0.5) is 5.82 Å². The van der Waals surface area contributed by atoms with Crippen LogP contribution < -0.4 is 11.3 Å². The molecule has 0 saturated carbocycles. The molecule has 0 radical (unpaired) electrons. The Labute approximate surface area is 92.9 Å². The second-order valence-electron chi connectivity index (χ2n) is 3.50. The van der Waals surface area contributed by atoms with Crippen molar-refractivity contribution in [3.8, 4) is 10.6 Å². The first-order valence-corrected chi connectivity index (χ1v) is 5.58. The number of hydrogen-bond donors (Lipinski definition) is 2. The number of thiazole rings is 1. The van der Waals surface area contributed by atoms with Gasteiger partial charge in [0.15, 0.2) is 5.82 Å². The summed E-state index contributed by atoms with van der Waals surface area (Å²) in [5.41, 5.74) is 6.23. The Morgan fingerprint density at radius 3 is 2.73 bits per heavy atom. The van der Waals surface area contributed by atoms with Crippen LogP contribution in [0.5, 0.6) is 0 Å². The highest BCUT2D eigenvalue weighted by Crippen LogP contribution is 2.28. The number of nitrogens with zero attached hydrogens (tertiary/aromatic N) is 1. The first kappa shape index (κ1) is 10.1. The highest BCUT2D eigenvalue weighted by molar-refractivity contribution is 7.13. The summed E-state index contributed by atoms with van der Waals surface area (Å²) in [5.74, 6) is 6.02. The summed E-state index contributed by atoms with van der Waals surface area (Å²) in [6.45, 7) is 4.19. The molecule has 1 aromatic carbocycles. The van der Waals surface area contributed by atoms with Crippen molar-refractivity contribution < 1.29 is 0 Å². The molecule has 0 amide bonds. The summed E-state index contributed by atoms with van der Waals surface area (Å²) in [5, 5.41) is 2.91. The molecular formula is C11H13N3S. The first-order chi connectivity index (χ1) is 7.20. The summed E-state index contributed by atoms with van der Waals surface area (Å²) in [6.07, 6.45) is 0. The zero-order valence-corrected chi connectivity index (χ0v) is 9.56. The second kappa shape index (κ2) is 4.00. The van der Waals surface area contributed by atoms with Crippen molar-refractivity contribution in [3.63, 3.8) is 0 Å². The minimum atomic E-state index is 0.718. The normalized spacial score (nSPS) is 10.3. The lowest BCUT2D eigenvalue weighted by atomic mass is 10.1. The number of aryl methyl sites for hydroxylation is 2. The van der Waals surface area contributed by atoms with Gasteiger partial charge >= 0.3 is 0 Å². The molecule has 0 aliphatic carbocycles. The fourth-order valence-corrected chi connectivity index (χ4v) is 2.37. The Kier molecular flexibility index (Phi) is 2.70. The van der Waals surface area contributed by atoms with Gasteiger partial charge in [-0.1, -0.05) is 23.8 Å². The summed E-state index contributed by atoms with van der Waals surface area (Å²) in [4.78, 5) is 4.37. The van der Waals surface area contributed by atoms with Crippen LogP contribution in [0.25, 0.3) is 10.6 Å². The molecule has 4 heteroatoms. The fraction of sp³-hybridized carbons (Fsp3) is 0.182. The number of nitrogen functional groups attached to an aromatic ring is 1. The van der Waals surface area contributed by atoms with Gasteiger partial charge in [0.25, 0.3) is 0 Å². The maximum Gasteiger partial charge on any atom is 0.151 e. The van der Waals surface area contributed by atoms with E-state index in [1.54, 1.807) is 11.3 Å². The molecule has 2 aromatic rings. The van der Waals surface area contributed by atoms with E-state index >= 15 is 0 Å². The molecule has 0 aliphatic heterocycles. The van der Waals surface area contributed by atoms with Crippen LogP contribution in [-0.2, 0) is 0 Å². The van der Waals surface area contributed by atoms with Gasteiger partial charge < -0.3 is 5.43 Å². The van der Waals surface area contributed by atoms with E-state index in [0.717, 1.165) is 10.8 Å². The van der Waals surface area contributed by atoms with E-state index in [2.05, 4.69) is 42.5 Å². The van der Waals surface area contributed by atoms with Crippen LogP contribution in [0.3, 0.4) is 0 Å². The smallest absolute Gasteiger partial charge is 0.151 e. The van der Waals surface area contributed by atoms with Crippen molar-refractivity contribution >= 4 is 17.2 Å². The van der Waals surface area contributed by atoms with Crippen molar-refractivity contribution in [2.75, 3.05) is 5.43 Å². The van der Waals surface area contributed by atoms with Crippen LogP contribution in [0.1, 0.15) is 11.1 Å². The van der Waals surface area contributed by atoms with E-state index in [1.807, 2.05) is 5.38 Å². The highest BCUT2D eigenvalue weighted by atomic mass is 32.1. The summed E-state index contributed by atoms with van der Waals surface area (Å²) >= 11 is 1.59. The second-order valence-corrected chi connectivity index (χ2v) is 4.36. The summed E-state index contributed by atoms with van der Waals surface area (Å²) in [7, 11) is 0. The minimum absolute atomic E-state index is 0.718. The highest BCUT2D eigenvalue weighted by Gasteiger charge is 2.06. The predicted octanol–water partition coefficient (Wildman–Crippen LogP) is 2.71. The van der Waals surface area contributed by atoms with Crippen molar-refractivity contribution in [1.82, 2.24) is 4.98 Å². The molecule has 0 unspecified atom stereocenters.